The maximum Gasteiger partial charge on any atom is 0.307 e. The number of hydrogen-bond donors (Lipinski definition) is 2. The van der Waals surface area contributed by atoms with Crippen LogP contribution in [-0.2, 0) is 9.59 Å². The molecule has 2 aliphatic rings. The number of aliphatic carboxylic acids is 1. The van der Waals surface area contributed by atoms with Crippen LogP contribution in [0.15, 0.2) is 24.3 Å². The summed E-state index contributed by atoms with van der Waals surface area (Å²) < 4.78 is 13.5. The van der Waals surface area contributed by atoms with E-state index in [4.69, 9.17) is 0 Å². The maximum absolute atomic E-state index is 13.5. The van der Waals surface area contributed by atoms with Gasteiger partial charge in [0.2, 0.25) is 5.91 Å². The van der Waals surface area contributed by atoms with Crippen molar-refractivity contribution in [1.29, 1.82) is 0 Å². The molecule has 106 valence electrons. The molecule has 3 rings (SSSR count). The van der Waals surface area contributed by atoms with Crippen LogP contribution in [0.25, 0.3) is 0 Å². The number of carboxylic acid groups (broad SMARTS) is 1. The minimum Gasteiger partial charge on any atom is -0.481 e. The average molecular weight is 277 g/mol. The molecule has 0 aromatic heterocycles. The summed E-state index contributed by atoms with van der Waals surface area (Å²) in [5.74, 6) is -2.73. The van der Waals surface area contributed by atoms with Gasteiger partial charge in [0.25, 0.3) is 0 Å². The first kappa shape index (κ1) is 13.1. The van der Waals surface area contributed by atoms with E-state index in [9.17, 15) is 19.1 Å². The summed E-state index contributed by atoms with van der Waals surface area (Å²) in [7, 11) is 0. The van der Waals surface area contributed by atoms with Gasteiger partial charge in [0.1, 0.15) is 5.82 Å². The van der Waals surface area contributed by atoms with Crippen molar-refractivity contribution in [2.45, 2.75) is 19.3 Å². The van der Waals surface area contributed by atoms with E-state index in [1.807, 2.05) is 0 Å². The normalized spacial score (nSPS) is 31.2. The van der Waals surface area contributed by atoms with Gasteiger partial charge in [-0.2, -0.15) is 0 Å². The number of carbonyl (C=O) groups is 2. The number of carbonyl (C=O) groups excluding carboxylic acids is 1. The largest absolute Gasteiger partial charge is 0.481 e. The molecule has 0 spiro atoms. The summed E-state index contributed by atoms with van der Waals surface area (Å²) in [5.41, 5.74) is 0.115. The molecule has 1 aromatic carbocycles. The van der Waals surface area contributed by atoms with Crippen LogP contribution in [0.5, 0.6) is 0 Å². The number of hydrogen-bond acceptors (Lipinski definition) is 2. The van der Waals surface area contributed by atoms with Gasteiger partial charge in [-0.25, -0.2) is 4.39 Å². The third-order valence-corrected chi connectivity index (χ3v) is 4.64. The van der Waals surface area contributed by atoms with Gasteiger partial charge in [-0.05, 0) is 43.2 Å². The van der Waals surface area contributed by atoms with Crippen molar-refractivity contribution in [1.82, 2.24) is 0 Å². The highest BCUT2D eigenvalue weighted by atomic mass is 19.1. The van der Waals surface area contributed by atoms with Crippen LogP contribution in [0.2, 0.25) is 0 Å². The molecule has 4 nitrogen and oxygen atoms in total. The summed E-state index contributed by atoms with van der Waals surface area (Å²) in [6.07, 6.45) is 2.57. The Kier molecular flexibility index (Phi) is 3.20. The monoisotopic (exact) mass is 277 g/mol. The molecule has 2 bridgehead atoms. The number of nitrogens with one attached hydrogen (secondary N) is 1. The molecule has 20 heavy (non-hydrogen) atoms. The predicted octanol–water partition coefficient (Wildman–Crippen LogP) is 2.51. The first-order valence-corrected chi connectivity index (χ1v) is 6.86. The number of benzene rings is 1. The van der Waals surface area contributed by atoms with Crippen LogP contribution in [0, 0.1) is 29.5 Å². The Morgan fingerprint density at radius 3 is 2.45 bits per heavy atom. The molecule has 0 aliphatic heterocycles. The van der Waals surface area contributed by atoms with E-state index < -0.39 is 23.6 Å². The molecular weight excluding hydrogens is 261 g/mol. The van der Waals surface area contributed by atoms with Crippen molar-refractivity contribution < 1.29 is 19.1 Å². The number of anilines is 1. The second kappa shape index (κ2) is 4.89. The number of carboxylic acids is 1. The molecule has 2 N–H and O–H groups in total. The lowest BCUT2D eigenvalue weighted by molar-refractivity contribution is -0.148. The van der Waals surface area contributed by atoms with Gasteiger partial charge in [-0.3, -0.25) is 9.59 Å². The topological polar surface area (TPSA) is 66.4 Å². The minimum absolute atomic E-state index is 0.0915. The van der Waals surface area contributed by atoms with Crippen molar-refractivity contribution in [3.8, 4) is 0 Å². The lowest BCUT2D eigenvalue weighted by atomic mass is 9.78. The van der Waals surface area contributed by atoms with Crippen LogP contribution >= 0.6 is 0 Å². The highest BCUT2D eigenvalue weighted by Crippen LogP contribution is 2.52. The molecule has 0 unspecified atom stereocenters. The molecule has 2 aliphatic carbocycles. The smallest absolute Gasteiger partial charge is 0.307 e. The van der Waals surface area contributed by atoms with Gasteiger partial charge >= 0.3 is 5.97 Å². The zero-order chi connectivity index (χ0) is 14.3. The molecule has 0 saturated heterocycles. The second-order valence-electron chi connectivity index (χ2n) is 5.69. The number of rotatable bonds is 3. The number of fused-ring (bicyclic) bond motifs is 2. The summed E-state index contributed by atoms with van der Waals surface area (Å²) in [4.78, 5) is 23.7. The Balaban J connectivity index is 1.80. The average Bonchev–Trinajstić information content (AvgIpc) is 3.01. The lowest BCUT2D eigenvalue weighted by Crippen LogP contribution is -2.38. The van der Waals surface area contributed by atoms with Crippen LogP contribution in [0.1, 0.15) is 19.3 Å². The second-order valence-corrected chi connectivity index (χ2v) is 5.69. The lowest BCUT2D eigenvalue weighted by Gasteiger charge is -2.27. The van der Waals surface area contributed by atoms with Gasteiger partial charge in [0, 0.05) is 0 Å². The third-order valence-electron chi connectivity index (χ3n) is 4.64. The van der Waals surface area contributed by atoms with Crippen molar-refractivity contribution in [2.75, 3.05) is 5.32 Å². The maximum atomic E-state index is 13.5. The van der Waals surface area contributed by atoms with Crippen LogP contribution in [-0.4, -0.2) is 17.0 Å². The highest BCUT2D eigenvalue weighted by molar-refractivity contribution is 5.96. The van der Waals surface area contributed by atoms with Gasteiger partial charge < -0.3 is 10.4 Å². The van der Waals surface area contributed by atoms with Gasteiger partial charge in [0.15, 0.2) is 0 Å². The molecule has 2 saturated carbocycles. The summed E-state index contributed by atoms with van der Waals surface area (Å²) in [5, 5.41) is 11.9. The zero-order valence-electron chi connectivity index (χ0n) is 10.9. The molecule has 5 heteroatoms. The Morgan fingerprint density at radius 2 is 1.80 bits per heavy atom. The predicted molar refractivity (Wildman–Crippen MR) is 70.5 cm³/mol. The van der Waals surface area contributed by atoms with Gasteiger partial charge in [0.05, 0.1) is 17.5 Å². The van der Waals surface area contributed by atoms with Crippen LogP contribution < -0.4 is 5.32 Å². The van der Waals surface area contributed by atoms with E-state index >= 15 is 0 Å². The van der Waals surface area contributed by atoms with E-state index in [0.717, 1.165) is 19.3 Å². The van der Waals surface area contributed by atoms with E-state index in [1.54, 1.807) is 12.1 Å². The van der Waals surface area contributed by atoms with Gasteiger partial charge in [-0.1, -0.05) is 12.1 Å². The molecule has 0 heterocycles. The molecular formula is C15H16FNO3. The highest BCUT2D eigenvalue weighted by Gasteiger charge is 2.54. The van der Waals surface area contributed by atoms with Crippen LogP contribution in [0.4, 0.5) is 10.1 Å². The van der Waals surface area contributed by atoms with E-state index in [0.29, 0.717) is 0 Å². The fourth-order valence-electron chi connectivity index (χ4n) is 3.80. The Labute approximate surface area is 116 Å². The van der Waals surface area contributed by atoms with Gasteiger partial charge in [-0.15, -0.1) is 0 Å². The number of para-hydroxylation sites is 1. The summed E-state index contributed by atoms with van der Waals surface area (Å²) in [6.45, 7) is 0. The SMILES string of the molecule is O=C(O)[C@H]1[C@H]2CC[C@H](C2)[C@@H]1C(=O)Nc1ccccc1F. The van der Waals surface area contributed by atoms with E-state index in [1.165, 1.54) is 12.1 Å². The number of amides is 1. The van der Waals surface area contributed by atoms with Crippen molar-refractivity contribution >= 4 is 17.6 Å². The summed E-state index contributed by atoms with van der Waals surface area (Å²) >= 11 is 0. The molecule has 2 fully saturated rings. The quantitative estimate of drug-likeness (QED) is 0.892. The first-order valence-electron chi connectivity index (χ1n) is 6.86. The third kappa shape index (κ3) is 2.07. The van der Waals surface area contributed by atoms with E-state index in [2.05, 4.69) is 5.32 Å². The van der Waals surface area contributed by atoms with Crippen molar-refractivity contribution in [3.05, 3.63) is 30.1 Å². The number of halogens is 1. The molecule has 1 amide bonds. The van der Waals surface area contributed by atoms with Crippen molar-refractivity contribution in [3.63, 3.8) is 0 Å². The Bertz CT molecular complexity index is 560. The molecule has 0 radical (unpaired) electrons. The fourth-order valence-corrected chi connectivity index (χ4v) is 3.80. The molecule has 4 atom stereocenters. The van der Waals surface area contributed by atoms with Crippen molar-refractivity contribution in [2.24, 2.45) is 23.7 Å². The Hall–Kier alpha value is -1.91. The Morgan fingerprint density at radius 1 is 1.15 bits per heavy atom. The fraction of sp³-hybridized carbons (Fsp3) is 0.467. The standard InChI is InChI=1S/C15H16FNO3/c16-10-3-1-2-4-11(10)17-14(18)12-8-5-6-9(7-8)13(12)15(19)20/h1-4,8-9,12-13H,5-7H2,(H,17,18)(H,19,20)/t8-,9+,12+,13+/m1/s1. The molecule has 1 aromatic rings. The summed E-state index contributed by atoms with van der Waals surface area (Å²) in [6, 6.07) is 5.93. The zero-order valence-corrected chi connectivity index (χ0v) is 10.9. The minimum atomic E-state index is -0.911. The first-order chi connectivity index (χ1) is 9.58. The van der Waals surface area contributed by atoms with E-state index in [-0.39, 0.29) is 23.4 Å². The van der Waals surface area contributed by atoms with Crippen LogP contribution in [0.3, 0.4) is 0 Å².